The number of carbonyl (C=O) groups excluding carboxylic acids is 3. The van der Waals surface area contributed by atoms with Crippen LogP contribution in [0.1, 0.15) is 288 Å². The van der Waals surface area contributed by atoms with Crippen LogP contribution in [0.15, 0.2) is 12.1 Å². The van der Waals surface area contributed by atoms with Crippen molar-refractivity contribution >= 4 is 34.2 Å². The van der Waals surface area contributed by atoms with E-state index in [1.807, 2.05) is 12.1 Å². The van der Waals surface area contributed by atoms with Crippen LogP contribution in [0.4, 0.5) is 0 Å². The predicted molar refractivity (Wildman–Crippen MR) is 338 cm³/mol. The lowest BCUT2D eigenvalue weighted by atomic mass is 10.0. The number of aliphatic hydroxyl groups excluding tert-OH is 1. The van der Waals surface area contributed by atoms with Gasteiger partial charge in [0, 0.05) is 45.4 Å². The molecule has 0 fully saturated rings. The number of amides is 2. The average Bonchev–Trinajstić information content (AvgIpc) is 3.42. The number of benzene rings is 1. The topological polar surface area (TPSA) is 142 Å². The Morgan fingerprint density at radius 1 is 0.405 bits per heavy atom. The summed E-state index contributed by atoms with van der Waals surface area (Å²) in [6, 6.07) is 3.82. The zero-order chi connectivity index (χ0) is 58.7. The molecule has 0 aliphatic rings. The first kappa shape index (κ1) is 74.6. The molecular weight excluding hydrogens is 1020 g/mol. The molecule has 2 amide bonds. The minimum atomic E-state index is -1.91. The van der Waals surface area contributed by atoms with E-state index in [0.717, 1.165) is 128 Å². The molecule has 0 saturated heterocycles. The normalized spacial score (nSPS) is 12.3. The van der Waals surface area contributed by atoms with Gasteiger partial charge in [-0.1, -0.05) is 206 Å². The van der Waals surface area contributed by atoms with Crippen LogP contribution in [-0.2, 0) is 29.8 Å². The van der Waals surface area contributed by atoms with Gasteiger partial charge in [-0.25, -0.2) is 0 Å². The highest BCUT2D eigenvalue weighted by atomic mass is 28.4. The molecule has 0 unspecified atom stereocenters. The van der Waals surface area contributed by atoms with E-state index in [1.54, 1.807) is 0 Å². The maximum absolute atomic E-state index is 12.7. The standard InChI is InChI=1S/C66H126N2O9Si2/c1-14-44-67-64(71)42-34-28-22-16-19-24-30-36-46-73-62-51-60(53-69)52-63(74-47-37-31-25-20-17-23-29-35-43-65(72)68-45-50-77-79(57(8)9,58(10)11)59(12)13)66(62)75-48-38-32-26-18-15-21-27-33-40-61(70)41-39-49-76-78(54(2)3,55(4)5)56(6)7/h51-52,54-59,69H,14-50,53H2,1-13H3,(H,67,71)(H,68,72). The van der Waals surface area contributed by atoms with Crippen molar-refractivity contribution in [3.05, 3.63) is 17.7 Å². The van der Waals surface area contributed by atoms with Gasteiger partial charge in [0.15, 0.2) is 28.1 Å². The molecule has 0 bridgehead atoms. The molecule has 0 atom stereocenters. The Hall–Kier alpha value is -2.46. The van der Waals surface area contributed by atoms with E-state index in [1.165, 1.54) is 51.4 Å². The van der Waals surface area contributed by atoms with Crippen LogP contribution in [0.2, 0.25) is 33.2 Å². The van der Waals surface area contributed by atoms with Crippen LogP contribution in [0, 0.1) is 0 Å². The molecule has 11 nitrogen and oxygen atoms in total. The molecule has 1 rings (SSSR count). The second kappa shape index (κ2) is 46.0. The molecular formula is C66H126N2O9Si2. The van der Waals surface area contributed by atoms with Crippen LogP contribution >= 0.6 is 0 Å². The number of nitrogens with one attached hydrogen (secondary N) is 2. The zero-order valence-corrected chi connectivity index (χ0v) is 55.7. The largest absolute Gasteiger partial charge is 0.490 e. The lowest BCUT2D eigenvalue weighted by Gasteiger charge is -2.42. The molecule has 13 heteroatoms. The molecule has 0 aliphatic carbocycles. The summed E-state index contributed by atoms with van der Waals surface area (Å²) in [6.07, 6.45) is 30.7. The number of hydrogen-bond acceptors (Lipinski definition) is 9. The van der Waals surface area contributed by atoms with Gasteiger partial charge in [0.2, 0.25) is 17.6 Å². The molecule has 3 N–H and O–H groups in total. The molecule has 0 aromatic heterocycles. The van der Waals surface area contributed by atoms with E-state index in [2.05, 4.69) is 101 Å². The summed E-state index contributed by atoms with van der Waals surface area (Å²) in [4.78, 5) is 37.1. The van der Waals surface area contributed by atoms with Crippen molar-refractivity contribution in [1.29, 1.82) is 0 Å². The summed E-state index contributed by atoms with van der Waals surface area (Å²) in [5, 5.41) is 16.3. The average molecular weight is 1150 g/mol. The van der Waals surface area contributed by atoms with E-state index >= 15 is 0 Å². The van der Waals surface area contributed by atoms with Crippen molar-refractivity contribution < 1.29 is 42.6 Å². The molecule has 0 aliphatic heterocycles. The van der Waals surface area contributed by atoms with Crippen LogP contribution in [0.5, 0.6) is 17.2 Å². The first-order valence-corrected chi connectivity index (χ1v) is 37.2. The van der Waals surface area contributed by atoms with Crippen molar-refractivity contribution in [2.24, 2.45) is 0 Å². The van der Waals surface area contributed by atoms with Crippen molar-refractivity contribution in [1.82, 2.24) is 10.6 Å². The van der Waals surface area contributed by atoms with E-state index in [4.69, 9.17) is 23.1 Å². The third-order valence-corrected chi connectivity index (χ3v) is 28.9. The molecule has 0 radical (unpaired) electrons. The maximum Gasteiger partial charge on any atom is 0.220 e. The first-order valence-electron chi connectivity index (χ1n) is 32.9. The van der Waals surface area contributed by atoms with E-state index < -0.39 is 16.6 Å². The number of carbonyl (C=O) groups is 3. The van der Waals surface area contributed by atoms with Gasteiger partial charge in [-0.15, -0.1) is 0 Å². The lowest BCUT2D eigenvalue weighted by molar-refractivity contribution is -0.122. The summed E-state index contributed by atoms with van der Waals surface area (Å²) < 4.78 is 32.6. The van der Waals surface area contributed by atoms with Crippen LogP contribution < -0.4 is 24.8 Å². The summed E-state index contributed by atoms with van der Waals surface area (Å²) in [6.45, 7) is 34.1. The van der Waals surface area contributed by atoms with Gasteiger partial charge < -0.3 is 38.8 Å². The van der Waals surface area contributed by atoms with E-state index in [0.29, 0.717) is 122 Å². The number of ether oxygens (including phenoxy) is 3. The molecule has 1 aromatic carbocycles. The van der Waals surface area contributed by atoms with Gasteiger partial charge >= 0.3 is 0 Å². The molecule has 0 heterocycles. The predicted octanol–water partition coefficient (Wildman–Crippen LogP) is 18.2. The van der Waals surface area contributed by atoms with Crippen molar-refractivity contribution in [3.63, 3.8) is 0 Å². The van der Waals surface area contributed by atoms with Crippen LogP contribution in [0.3, 0.4) is 0 Å². The highest BCUT2D eigenvalue weighted by Gasteiger charge is 2.46. The van der Waals surface area contributed by atoms with Gasteiger partial charge in [0.25, 0.3) is 0 Å². The van der Waals surface area contributed by atoms with Gasteiger partial charge in [0.1, 0.15) is 5.78 Å². The number of rotatable bonds is 54. The minimum Gasteiger partial charge on any atom is -0.490 e. The van der Waals surface area contributed by atoms with Crippen LogP contribution in [0.25, 0.3) is 0 Å². The molecule has 462 valence electrons. The Labute approximate surface area is 488 Å². The quantitative estimate of drug-likeness (QED) is 0.0429. The van der Waals surface area contributed by atoms with Gasteiger partial charge in [-0.05, 0) is 102 Å². The first-order chi connectivity index (χ1) is 37.9. The fourth-order valence-electron chi connectivity index (χ4n) is 12.5. The summed E-state index contributed by atoms with van der Waals surface area (Å²) >= 11 is 0. The SMILES string of the molecule is CCCNC(=O)CCCCCCCCCCOc1cc(CO)cc(OCCCCCCCCCCC(=O)NCCO[Si](C(C)C)(C(C)C)C(C)C)c1OCCCCCCCCCCC(=O)CCCO[Si](C(C)C)(C(C)C)C(C)C. The number of hydrogen-bond donors (Lipinski definition) is 3. The Balaban J connectivity index is 2.55. The second-order valence-electron chi connectivity index (χ2n) is 25.0. The van der Waals surface area contributed by atoms with Crippen LogP contribution in [-0.4, -0.2) is 85.5 Å². The van der Waals surface area contributed by atoms with Crippen molar-refractivity contribution in [2.45, 2.75) is 322 Å². The monoisotopic (exact) mass is 1150 g/mol. The van der Waals surface area contributed by atoms with Gasteiger partial charge in [-0.3, -0.25) is 14.4 Å². The minimum absolute atomic E-state index is 0.101. The van der Waals surface area contributed by atoms with Crippen molar-refractivity contribution in [2.75, 3.05) is 46.1 Å². The Bertz CT molecular complexity index is 1650. The molecule has 0 saturated carbocycles. The fraction of sp³-hybridized carbons (Fsp3) is 0.864. The maximum atomic E-state index is 12.7. The molecule has 1 aromatic rings. The zero-order valence-electron chi connectivity index (χ0n) is 53.7. The Kier molecular flexibility index (Phi) is 43.4. The Morgan fingerprint density at radius 3 is 1.09 bits per heavy atom. The number of ketones is 1. The summed E-state index contributed by atoms with van der Waals surface area (Å²) in [5.74, 6) is 2.65. The third-order valence-electron chi connectivity index (χ3n) is 16.7. The fourth-order valence-corrected chi connectivity index (χ4v) is 23.5. The van der Waals surface area contributed by atoms with Crippen molar-refractivity contribution in [3.8, 4) is 17.2 Å². The molecule has 79 heavy (non-hydrogen) atoms. The highest BCUT2D eigenvalue weighted by molar-refractivity contribution is 6.78. The van der Waals surface area contributed by atoms with Gasteiger partial charge in [-0.2, -0.15) is 0 Å². The smallest absolute Gasteiger partial charge is 0.220 e. The summed E-state index contributed by atoms with van der Waals surface area (Å²) in [7, 11) is -3.77. The van der Waals surface area contributed by atoms with E-state index in [-0.39, 0.29) is 18.4 Å². The highest BCUT2D eigenvalue weighted by Crippen LogP contribution is 2.44. The number of Topliss-reactive ketones (excluding diaryl/α,β-unsaturated/α-hetero) is 1. The summed E-state index contributed by atoms with van der Waals surface area (Å²) in [5.41, 5.74) is 4.09. The lowest BCUT2D eigenvalue weighted by Crippen LogP contribution is -2.49. The second-order valence-corrected chi connectivity index (χ2v) is 36.0. The molecule has 0 spiro atoms. The number of unbranched alkanes of at least 4 members (excludes halogenated alkanes) is 21. The van der Waals surface area contributed by atoms with E-state index in [9.17, 15) is 19.5 Å². The number of aliphatic hydroxyl groups is 1. The third kappa shape index (κ3) is 31.7. The Morgan fingerprint density at radius 2 is 0.722 bits per heavy atom. The van der Waals surface area contributed by atoms with Gasteiger partial charge in [0.05, 0.1) is 33.0 Å².